The Morgan fingerprint density at radius 3 is 1.71 bits per heavy atom. The summed E-state index contributed by atoms with van der Waals surface area (Å²) in [7, 11) is 0. The SMILES string of the molecule is CCN(c1ccccc1)c1ccc(C2(CC(c3c(C)n(CC)c4ccccc34)c3c(C)n(CC)c4ccccc34)OC(=O)c3ccccc32)cc1. The minimum Gasteiger partial charge on any atom is -0.446 e. The number of aromatic nitrogens is 2. The van der Waals surface area contributed by atoms with Crippen molar-refractivity contribution < 1.29 is 9.53 Å². The highest BCUT2D eigenvalue weighted by molar-refractivity contribution is 5.96. The molecule has 0 aliphatic carbocycles. The van der Waals surface area contributed by atoms with Gasteiger partial charge in [-0.25, -0.2) is 4.79 Å². The first kappa shape index (κ1) is 32.6. The molecular weight excluding hydrogens is 627 g/mol. The van der Waals surface area contributed by atoms with Crippen molar-refractivity contribution in [1.82, 2.24) is 9.13 Å². The minimum absolute atomic E-state index is 0.0875. The van der Waals surface area contributed by atoms with Crippen LogP contribution in [-0.2, 0) is 23.4 Å². The molecule has 0 saturated heterocycles. The van der Waals surface area contributed by atoms with E-state index < -0.39 is 5.60 Å². The number of ether oxygens (including phenoxy) is 1. The van der Waals surface area contributed by atoms with Crippen LogP contribution in [0, 0.1) is 13.8 Å². The van der Waals surface area contributed by atoms with Gasteiger partial charge in [0.1, 0.15) is 0 Å². The van der Waals surface area contributed by atoms with E-state index in [1.54, 1.807) is 0 Å². The van der Waals surface area contributed by atoms with E-state index in [4.69, 9.17) is 4.74 Å². The maximum absolute atomic E-state index is 13.9. The van der Waals surface area contributed by atoms with Crippen LogP contribution in [0.25, 0.3) is 21.8 Å². The van der Waals surface area contributed by atoms with Gasteiger partial charge in [0.25, 0.3) is 0 Å². The number of carbonyl (C=O) groups is 1. The highest BCUT2D eigenvalue weighted by atomic mass is 16.6. The largest absolute Gasteiger partial charge is 0.446 e. The van der Waals surface area contributed by atoms with Gasteiger partial charge in [0, 0.05) is 87.7 Å². The molecule has 0 amide bonds. The molecule has 5 nitrogen and oxygen atoms in total. The zero-order valence-electron chi connectivity index (χ0n) is 30.2. The second-order valence-corrected chi connectivity index (χ2v) is 13.7. The van der Waals surface area contributed by atoms with Gasteiger partial charge in [0.05, 0.1) is 5.56 Å². The lowest BCUT2D eigenvalue weighted by Crippen LogP contribution is -2.31. The average molecular weight is 672 g/mol. The summed E-state index contributed by atoms with van der Waals surface area (Å²) in [5, 5.41) is 2.50. The van der Waals surface area contributed by atoms with Gasteiger partial charge in [0.2, 0.25) is 0 Å². The minimum atomic E-state index is -1.01. The predicted octanol–water partition coefficient (Wildman–Crippen LogP) is 11.0. The van der Waals surface area contributed by atoms with Gasteiger partial charge >= 0.3 is 5.97 Å². The third-order valence-electron chi connectivity index (χ3n) is 11.3. The maximum Gasteiger partial charge on any atom is 0.339 e. The number of aryl methyl sites for hydroxylation is 2. The topological polar surface area (TPSA) is 39.4 Å². The molecule has 1 atom stereocenters. The molecular formula is C46H45N3O2. The second-order valence-electron chi connectivity index (χ2n) is 13.7. The Kier molecular flexibility index (Phi) is 8.30. The molecule has 3 heterocycles. The number of hydrogen-bond acceptors (Lipinski definition) is 3. The lowest BCUT2D eigenvalue weighted by atomic mass is 9.73. The Hall–Kier alpha value is -5.55. The summed E-state index contributed by atoms with van der Waals surface area (Å²) in [5.74, 6) is -0.358. The molecule has 8 rings (SSSR count). The summed E-state index contributed by atoms with van der Waals surface area (Å²) in [6.07, 6.45) is 0.558. The molecule has 1 aliphatic heterocycles. The monoisotopic (exact) mass is 671 g/mol. The van der Waals surface area contributed by atoms with Crippen LogP contribution >= 0.6 is 0 Å². The van der Waals surface area contributed by atoms with Crippen molar-refractivity contribution in [1.29, 1.82) is 0 Å². The number of fused-ring (bicyclic) bond motifs is 3. The van der Waals surface area contributed by atoms with Gasteiger partial charge in [0.15, 0.2) is 5.60 Å². The van der Waals surface area contributed by atoms with E-state index in [-0.39, 0.29) is 11.9 Å². The summed E-state index contributed by atoms with van der Waals surface area (Å²) in [5.41, 5.74) is 11.3. The smallest absolute Gasteiger partial charge is 0.339 e. The molecule has 256 valence electrons. The van der Waals surface area contributed by atoms with E-state index in [9.17, 15) is 4.79 Å². The molecule has 0 N–H and O–H groups in total. The van der Waals surface area contributed by atoms with Crippen molar-refractivity contribution >= 4 is 39.1 Å². The predicted molar refractivity (Wildman–Crippen MR) is 209 cm³/mol. The molecule has 0 fully saturated rings. The van der Waals surface area contributed by atoms with Crippen molar-refractivity contribution in [2.24, 2.45) is 0 Å². The van der Waals surface area contributed by atoms with E-state index in [1.807, 2.05) is 24.3 Å². The van der Waals surface area contributed by atoms with Crippen molar-refractivity contribution in [2.45, 2.75) is 65.6 Å². The van der Waals surface area contributed by atoms with Gasteiger partial charge in [-0.2, -0.15) is 0 Å². The van der Waals surface area contributed by atoms with Gasteiger partial charge in [-0.3, -0.25) is 0 Å². The molecule has 0 bridgehead atoms. The number of hydrogen-bond donors (Lipinski definition) is 0. The van der Waals surface area contributed by atoms with Crippen LogP contribution in [0.5, 0.6) is 0 Å². The fourth-order valence-electron chi connectivity index (χ4n) is 9.04. The summed E-state index contributed by atoms with van der Waals surface area (Å²) < 4.78 is 11.7. The first-order valence-electron chi connectivity index (χ1n) is 18.3. The molecule has 1 unspecified atom stereocenters. The Bertz CT molecular complexity index is 2300. The Labute approximate surface area is 300 Å². The number of anilines is 2. The van der Waals surface area contributed by atoms with Gasteiger partial charge in [-0.05, 0) is 88.2 Å². The molecule has 0 spiro atoms. The molecule has 5 heteroatoms. The normalized spacial score (nSPS) is 15.5. The third kappa shape index (κ3) is 5.09. The van der Waals surface area contributed by atoms with Crippen molar-refractivity contribution in [3.8, 4) is 0 Å². The van der Waals surface area contributed by atoms with E-state index in [2.05, 4.69) is 152 Å². The summed E-state index contributed by atoms with van der Waals surface area (Å²) >= 11 is 0. The maximum atomic E-state index is 13.9. The fraction of sp³-hybridized carbons (Fsp3) is 0.239. The van der Waals surface area contributed by atoms with E-state index in [0.29, 0.717) is 12.0 Å². The third-order valence-corrected chi connectivity index (χ3v) is 11.3. The molecule has 7 aromatic rings. The number of para-hydroxylation sites is 3. The van der Waals surface area contributed by atoms with Gasteiger partial charge < -0.3 is 18.8 Å². The number of nitrogens with zero attached hydrogens (tertiary/aromatic N) is 3. The molecule has 1 aliphatic rings. The number of cyclic esters (lactones) is 1. The summed E-state index contributed by atoms with van der Waals surface area (Å²) in [4.78, 5) is 16.2. The van der Waals surface area contributed by atoms with E-state index in [1.165, 1.54) is 44.3 Å². The number of carbonyl (C=O) groups excluding carboxylic acids is 1. The lowest BCUT2D eigenvalue weighted by Gasteiger charge is -2.35. The highest BCUT2D eigenvalue weighted by Crippen LogP contribution is 2.53. The molecule has 51 heavy (non-hydrogen) atoms. The Morgan fingerprint density at radius 2 is 1.14 bits per heavy atom. The van der Waals surface area contributed by atoms with E-state index >= 15 is 0 Å². The number of rotatable bonds is 10. The van der Waals surface area contributed by atoms with Crippen LogP contribution in [0.1, 0.15) is 77.1 Å². The summed E-state index contributed by atoms with van der Waals surface area (Å²) in [6, 6.07) is 44.8. The standard InChI is InChI=1S/C46H45N3O2/c1-6-47-31(4)43(37-21-13-16-24-41(37)47)39(44-32(5)48(7-2)42-25-17-14-22-38(42)44)30-46(40-23-15-12-20-36(40)45(50)51-46)33-26-28-35(29-27-33)49(8-3)34-18-10-9-11-19-34/h9-29,39H,6-8,30H2,1-5H3. The van der Waals surface area contributed by atoms with Crippen LogP contribution in [0.4, 0.5) is 11.4 Å². The van der Waals surface area contributed by atoms with Crippen LogP contribution in [0.3, 0.4) is 0 Å². The summed E-state index contributed by atoms with van der Waals surface area (Å²) in [6.45, 7) is 13.7. The number of benzene rings is 5. The first-order chi connectivity index (χ1) is 24.9. The van der Waals surface area contributed by atoms with Crippen LogP contribution < -0.4 is 4.90 Å². The first-order valence-corrected chi connectivity index (χ1v) is 18.3. The zero-order valence-corrected chi connectivity index (χ0v) is 30.2. The average Bonchev–Trinajstić information content (AvgIpc) is 3.74. The quantitative estimate of drug-likeness (QED) is 0.136. The van der Waals surface area contributed by atoms with Gasteiger partial charge in [-0.1, -0.05) is 84.9 Å². The van der Waals surface area contributed by atoms with E-state index in [0.717, 1.165) is 42.1 Å². The van der Waals surface area contributed by atoms with Crippen LogP contribution in [0.2, 0.25) is 0 Å². The molecule has 0 radical (unpaired) electrons. The zero-order chi connectivity index (χ0) is 35.3. The van der Waals surface area contributed by atoms with Crippen molar-refractivity contribution in [2.75, 3.05) is 11.4 Å². The van der Waals surface area contributed by atoms with Gasteiger partial charge in [-0.15, -0.1) is 0 Å². The van der Waals surface area contributed by atoms with Crippen molar-refractivity contribution in [3.63, 3.8) is 0 Å². The molecule has 5 aromatic carbocycles. The van der Waals surface area contributed by atoms with Crippen molar-refractivity contribution in [3.05, 3.63) is 167 Å². The molecule has 0 saturated carbocycles. The Balaban J connectivity index is 1.38. The Morgan fingerprint density at radius 1 is 0.627 bits per heavy atom. The number of esters is 1. The lowest BCUT2D eigenvalue weighted by molar-refractivity contribution is 0.00564. The highest BCUT2D eigenvalue weighted by Gasteiger charge is 2.49. The van der Waals surface area contributed by atoms with Crippen LogP contribution in [-0.4, -0.2) is 21.6 Å². The second kappa shape index (κ2) is 13.0. The van der Waals surface area contributed by atoms with Crippen LogP contribution in [0.15, 0.2) is 127 Å². The fourth-order valence-corrected chi connectivity index (χ4v) is 9.04. The molecule has 2 aromatic heterocycles.